The first-order valence-corrected chi connectivity index (χ1v) is 5.53. The lowest BCUT2D eigenvalue weighted by Crippen LogP contribution is -2.34. The summed E-state index contributed by atoms with van der Waals surface area (Å²) in [6.45, 7) is 7.45. The maximum absolute atomic E-state index is 11.4. The first-order chi connectivity index (χ1) is 5.33. The Morgan fingerprint density at radius 1 is 1.25 bits per heavy atom. The second-order valence-corrected chi connectivity index (χ2v) is 5.05. The van der Waals surface area contributed by atoms with Crippen molar-refractivity contribution in [2.24, 2.45) is 0 Å². The van der Waals surface area contributed by atoms with Gasteiger partial charge in [0.1, 0.15) is 0 Å². The van der Waals surface area contributed by atoms with E-state index in [0.717, 1.165) is 0 Å². The molecule has 1 atom stereocenters. The Bertz CT molecular complexity index is 173. The SMILES string of the molecule is COP(=O)(O)N(C(C)C)C(C)C. The quantitative estimate of drug-likeness (QED) is 0.695. The predicted molar refractivity (Wildman–Crippen MR) is 48.9 cm³/mol. The maximum Gasteiger partial charge on any atom is 0.405 e. The Balaban J connectivity index is 4.63. The van der Waals surface area contributed by atoms with Crippen molar-refractivity contribution in [2.45, 2.75) is 39.8 Å². The third-order valence-electron chi connectivity index (χ3n) is 1.59. The monoisotopic (exact) mass is 195 g/mol. The van der Waals surface area contributed by atoms with E-state index in [1.807, 2.05) is 27.7 Å². The highest BCUT2D eigenvalue weighted by molar-refractivity contribution is 7.50. The summed E-state index contributed by atoms with van der Waals surface area (Å²) in [5.74, 6) is 0. The molecule has 12 heavy (non-hydrogen) atoms. The average molecular weight is 195 g/mol. The van der Waals surface area contributed by atoms with E-state index in [0.29, 0.717) is 0 Å². The molecule has 0 aromatic heterocycles. The minimum absolute atomic E-state index is 0.000725. The van der Waals surface area contributed by atoms with Crippen LogP contribution in [0.5, 0.6) is 0 Å². The van der Waals surface area contributed by atoms with Gasteiger partial charge >= 0.3 is 7.75 Å². The van der Waals surface area contributed by atoms with Crippen molar-refractivity contribution >= 4 is 7.75 Å². The van der Waals surface area contributed by atoms with Crippen LogP contribution >= 0.6 is 7.75 Å². The fourth-order valence-electron chi connectivity index (χ4n) is 1.27. The van der Waals surface area contributed by atoms with Crippen LogP contribution in [-0.2, 0) is 9.09 Å². The van der Waals surface area contributed by atoms with E-state index >= 15 is 0 Å². The van der Waals surface area contributed by atoms with Gasteiger partial charge in [-0.3, -0.25) is 0 Å². The van der Waals surface area contributed by atoms with Crippen LogP contribution in [-0.4, -0.2) is 28.8 Å². The smallest absolute Gasteiger partial charge is 0.312 e. The molecule has 1 unspecified atom stereocenters. The minimum Gasteiger partial charge on any atom is -0.312 e. The molecule has 1 N–H and O–H groups in total. The van der Waals surface area contributed by atoms with Crippen LogP contribution in [0.15, 0.2) is 0 Å². The summed E-state index contributed by atoms with van der Waals surface area (Å²) >= 11 is 0. The van der Waals surface area contributed by atoms with Crippen LogP contribution < -0.4 is 0 Å². The van der Waals surface area contributed by atoms with E-state index < -0.39 is 7.75 Å². The van der Waals surface area contributed by atoms with E-state index in [4.69, 9.17) is 0 Å². The molecular formula is C7H18NO3P. The van der Waals surface area contributed by atoms with Crippen molar-refractivity contribution in [1.82, 2.24) is 4.67 Å². The molecule has 0 radical (unpaired) electrons. The number of nitrogens with zero attached hydrogens (tertiary/aromatic N) is 1. The minimum atomic E-state index is -3.56. The number of rotatable bonds is 4. The first-order valence-electron chi connectivity index (χ1n) is 4.00. The van der Waals surface area contributed by atoms with Gasteiger partial charge in [-0.2, -0.15) is 0 Å². The summed E-state index contributed by atoms with van der Waals surface area (Å²) in [5.41, 5.74) is 0. The Labute approximate surface area is 74.1 Å². The first kappa shape index (κ1) is 12.1. The van der Waals surface area contributed by atoms with Gasteiger partial charge in [0.25, 0.3) is 0 Å². The fourth-order valence-corrected chi connectivity index (χ4v) is 2.63. The van der Waals surface area contributed by atoms with Gasteiger partial charge in [-0.1, -0.05) is 0 Å². The van der Waals surface area contributed by atoms with Crippen molar-refractivity contribution in [3.8, 4) is 0 Å². The van der Waals surface area contributed by atoms with Crippen LogP contribution in [0.2, 0.25) is 0 Å². The van der Waals surface area contributed by atoms with Gasteiger partial charge < -0.3 is 9.42 Å². The van der Waals surface area contributed by atoms with E-state index in [2.05, 4.69) is 4.52 Å². The molecule has 0 aliphatic carbocycles. The molecule has 0 fully saturated rings. The highest BCUT2D eigenvalue weighted by atomic mass is 31.2. The van der Waals surface area contributed by atoms with Gasteiger partial charge in [0.2, 0.25) is 0 Å². The third-order valence-corrected chi connectivity index (χ3v) is 3.57. The molecule has 0 amide bonds. The summed E-state index contributed by atoms with van der Waals surface area (Å²) in [4.78, 5) is 9.38. The molecule has 0 aromatic rings. The van der Waals surface area contributed by atoms with Crippen molar-refractivity contribution in [1.29, 1.82) is 0 Å². The zero-order valence-electron chi connectivity index (χ0n) is 8.31. The Morgan fingerprint density at radius 3 is 1.67 bits per heavy atom. The topological polar surface area (TPSA) is 49.8 Å². The number of hydrogen-bond donors (Lipinski definition) is 1. The maximum atomic E-state index is 11.4. The second-order valence-electron chi connectivity index (χ2n) is 3.24. The van der Waals surface area contributed by atoms with Gasteiger partial charge in [0.15, 0.2) is 0 Å². The summed E-state index contributed by atoms with van der Waals surface area (Å²) < 4.78 is 17.4. The van der Waals surface area contributed by atoms with Crippen molar-refractivity contribution < 1.29 is 14.0 Å². The Morgan fingerprint density at radius 2 is 1.58 bits per heavy atom. The summed E-state index contributed by atoms with van der Waals surface area (Å²) in [6, 6.07) is 0.00145. The van der Waals surface area contributed by atoms with Gasteiger partial charge in [0, 0.05) is 19.2 Å². The third kappa shape index (κ3) is 2.87. The molecule has 0 aromatic carbocycles. The molecule has 0 aliphatic heterocycles. The largest absolute Gasteiger partial charge is 0.405 e. The zero-order valence-corrected chi connectivity index (χ0v) is 9.21. The molecule has 5 heteroatoms. The predicted octanol–water partition coefficient (Wildman–Crippen LogP) is 1.85. The zero-order chi connectivity index (χ0) is 9.94. The Kier molecular flexibility index (Phi) is 4.42. The lowest BCUT2D eigenvalue weighted by atomic mass is 10.3. The summed E-state index contributed by atoms with van der Waals surface area (Å²) in [6.07, 6.45) is 0. The van der Waals surface area contributed by atoms with Crippen LogP contribution in [0.25, 0.3) is 0 Å². The highest BCUT2D eigenvalue weighted by Gasteiger charge is 2.32. The normalized spacial score (nSPS) is 17.4. The van der Waals surface area contributed by atoms with Gasteiger partial charge in [-0.05, 0) is 27.7 Å². The van der Waals surface area contributed by atoms with E-state index in [1.54, 1.807) is 0 Å². The molecule has 0 aliphatic rings. The van der Waals surface area contributed by atoms with Crippen molar-refractivity contribution in [3.63, 3.8) is 0 Å². The lowest BCUT2D eigenvalue weighted by molar-refractivity contribution is 0.191. The molecular weight excluding hydrogens is 177 g/mol. The second kappa shape index (κ2) is 4.38. The highest BCUT2D eigenvalue weighted by Crippen LogP contribution is 2.48. The van der Waals surface area contributed by atoms with Crippen LogP contribution in [0.1, 0.15) is 27.7 Å². The van der Waals surface area contributed by atoms with E-state index in [9.17, 15) is 9.46 Å². The molecule has 0 spiro atoms. The molecule has 74 valence electrons. The van der Waals surface area contributed by atoms with Crippen molar-refractivity contribution in [3.05, 3.63) is 0 Å². The standard InChI is InChI=1S/C7H18NO3P/c1-6(2)8(7(3)4)12(9,10)11-5/h6-7H,1-5H3,(H,9,10). The molecule has 0 rings (SSSR count). The lowest BCUT2D eigenvalue weighted by Gasteiger charge is -2.32. The molecule has 0 bridgehead atoms. The van der Waals surface area contributed by atoms with Crippen molar-refractivity contribution in [2.75, 3.05) is 7.11 Å². The fraction of sp³-hybridized carbons (Fsp3) is 1.00. The molecule has 0 saturated heterocycles. The van der Waals surface area contributed by atoms with E-state index in [-0.39, 0.29) is 12.1 Å². The summed E-state index contributed by atoms with van der Waals surface area (Å²) in [5, 5.41) is 0. The van der Waals surface area contributed by atoms with Gasteiger partial charge in [-0.25, -0.2) is 9.24 Å². The number of hydrogen-bond acceptors (Lipinski definition) is 2. The van der Waals surface area contributed by atoms with Gasteiger partial charge in [0.05, 0.1) is 0 Å². The molecule has 0 saturated carbocycles. The molecule has 4 nitrogen and oxygen atoms in total. The van der Waals surface area contributed by atoms with E-state index in [1.165, 1.54) is 11.8 Å². The molecule has 0 heterocycles. The van der Waals surface area contributed by atoms with Crippen LogP contribution in [0.4, 0.5) is 0 Å². The average Bonchev–Trinajstić information content (AvgIpc) is 1.84. The summed E-state index contributed by atoms with van der Waals surface area (Å²) in [7, 11) is -2.31. The van der Waals surface area contributed by atoms with Gasteiger partial charge in [-0.15, -0.1) is 0 Å². The Hall–Kier alpha value is 0.110. The van der Waals surface area contributed by atoms with Crippen LogP contribution in [0.3, 0.4) is 0 Å². The van der Waals surface area contributed by atoms with Crippen LogP contribution in [0, 0.1) is 0 Å².